The molecule has 0 spiro atoms. The van der Waals surface area contributed by atoms with Gasteiger partial charge in [-0.3, -0.25) is 34.0 Å². The molecule has 1 fully saturated rings. The number of carboxylic acid groups (broad SMARTS) is 1. The molecule has 374 valence electrons. The van der Waals surface area contributed by atoms with Crippen LogP contribution in [0.2, 0.25) is 10.0 Å². The molecule has 4 N–H and O–H groups in total. The van der Waals surface area contributed by atoms with E-state index in [9.17, 15) is 33.9 Å². The second kappa shape index (κ2) is 28.3. The highest BCUT2D eigenvalue weighted by molar-refractivity contribution is 7.57. The summed E-state index contributed by atoms with van der Waals surface area (Å²) in [6, 6.07) is 17.0. The predicted molar refractivity (Wildman–Crippen MR) is 261 cm³/mol. The molecule has 5 rings (SSSR count). The zero-order chi connectivity index (χ0) is 51.5. The van der Waals surface area contributed by atoms with Gasteiger partial charge in [0.25, 0.3) is 11.6 Å². The number of rotatable bonds is 16. The molecule has 18 nitrogen and oxygen atoms in total. The summed E-state index contributed by atoms with van der Waals surface area (Å²) in [4.78, 5) is 66.6. The van der Waals surface area contributed by atoms with Crippen molar-refractivity contribution in [2.24, 2.45) is 5.73 Å². The fraction of sp³-hybridized carbons (Fsp3) is 0.409. The first-order valence-electron chi connectivity index (χ1n) is 20.4. The number of hydrogen-bond acceptors (Lipinski definition) is 13. The molecule has 3 unspecified atom stereocenters. The molecule has 3 atom stereocenters. The molecule has 1 aliphatic rings. The van der Waals surface area contributed by atoms with Crippen LogP contribution in [0.15, 0.2) is 77.4 Å². The number of nitro benzene ring substituents is 1. The number of halogens is 5. The molecular formula is C44H54Cl5N4O14P. The van der Waals surface area contributed by atoms with Gasteiger partial charge in [0, 0.05) is 37.1 Å². The molecule has 1 aromatic heterocycles. The van der Waals surface area contributed by atoms with Crippen LogP contribution >= 0.6 is 65.4 Å². The number of nitro groups is 1. The highest BCUT2D eigenvalue weighted by Gasteiger charge is 2.45. The topological polar surface area (TPSA) is 252 Å². The Bertz CT molecular complexity index is 2350. The van der Waals surface area contributed by atoms with Gasteiger partial charge in [-0.25, -0.2) is 4.79 Å². The highest BCUT2D eigenvalue weighted by atomic mass is 35.5. The number of amides is 2. The maximum absolute atomic E-state index is 12.0. The van der Waals surface area contributed by atoms with Gasteiger partial charge in [0.2, 0.25) is 5.91 Å². The van der Waals surface area contributed by atoms with Crippen molar-refractivity contribution in [3.8, 4) is 11.5 Å². The number of hydrogen-bond donors (Lipinski definition) is 3. The number of anilines is 1. The number of methoxy groups -OCH3 is 2. The Morgan fingerprint density at radius 2 is 1.66 bits per heavy atom. The first kappa shape index (κ1) is 59.7. The molecule has 3 aromatic carbocycles. The summed E-state index contributed by atoms with van der Waals surface area (Å²) >= 11 is 28.6. The minimum atomic E-state index is -3.10. The van der Waals surface area contributed by atoms with Gasteiger partial charge in [-0.1, -0.05) is 78.5 Å². The molecule has 0 saturated carbocycles. The van der Waals surface area contributed by atoms with Crippen LogP contribution in [0.4, 0.5) is 11.4 Å². The van der Waals surface area contributed by atoms with E-state index in [1.807, 2.05) is 24.3 Å². The SMILES string of the molecule is CC1(C)OC(c2ccco2)CN1C(=O)C(Cl)Cl.CCc1cccc(CC)c1N(COC)C(=O)CCl.COC(=O)c1cc(Oc2ccc(Cl)cc2Cl)ccc1[N+](=O)[O-].CP(=O)(O)CCC(N)C(=O)O. The average Bonchev–Trinajstić information content (AvgIpc) is 3.95. The van der Waals surface area contributed by atoms with Crippen molar-refractivity contribution in [3.63, 3.8) is 0 Å². The van der Waals surface area contributed by atoms with E-state index in [1.165, 1.54) is 29.8 Å². The van der Waals surface area contributed by atoms with E-state index in [0.29, 0.717) is 23.1 Å². The summed E-state index contributed by atoms with van der Waals surface area (Å²) in [6.45, 7) is 9.54. The lowest BCUT2D eigenvalue weighted by Gasteiger charge is -2.29. The van der Waals surface area contributed by atoms with Crippen LogP contribution in [0.25, 0.3) is 0 Å². The monoisotopic (exact) mass is 1070 g/mol. The van der Waals surface area contributed by atoms with E-state index in [-0.39, 0.29) is 65.1 Å². The van der Waals surface area contributed by atoms with Gasteiger partial charge in [-0.2, -0.15) is 0 Å². The second-order valence-electron chi connectivity index (χ2n) is 14.9. The van der Waals surface area contributed by atoms with Crippen molar-refractivity contribution in [2.45, 2.75) is 69.7 Å². The van der Waals surface area contributed by atoms with Crippen molar-refractivity contribution >= 4 is 101 Å². The third kappa shape index (κ3) is 18.5. The van der Waals surface area contributed by atoms with Gasteiger partial charge in [0.05, 0.1) is 35.6 Å². The van der Waals surface area contributed by atoms with Crippen LogP contribution in [0.1, 0.15) is 67.5 Å². The largest absolute Gasteiger partial charge is 0.480 e. The van der Waals surface area contributed by atoms with Gasteiger partial charge < -0.3 is 44.0 Å². The number of esters is 1. The Hall–Kier alpha value is -4.46. The van der Waals surface area contributed by atoms with E-state index in [4.69, 9.17) is 92.4 Å². The summed E-state index contributed by atoms with van der Waals surface area (Å²) in [5.41, 5.74) is 7.01. The van der Waals surface area contributed by atoms with Gasteiger partial charge >= 0.3 is 11.9 Å². The van der Waals surface area contributed by atoms with Crippen molar-refractivity contribution < 1.29 is 62.0 Å². The van der Waals surface area contributed by atoms with E-state index in [2.05, 4.69) is 18.6 Å². The van der Waals surface area contributed by atoms with Crippen molar-refractivity contribution in [2.75, 3.05) is 51.1 Å². The number of alkyl halides is 3. The summed E-state index contributed by atoms with van der Waals surface area (Å²) in [7, 11) is -0.390. The van der Waals surface area contributed by atoms with Gasteiger partial charge in [0.1, 0.15) is 53.3 Å². The molecule has 0 radical (unpaired) electrons. The molecule has 1 saturated heterocycles. The maximum Gasteiger partial charge on any atom is 0.345 e. The third-order valence-corrected chi connectivity index (χ3v) is 11.7. The number of carbonyl (C=O) groups excluding carboxylic acids is 3. The molecule has 0 aliphatic carbocycles. The van der Waals surface area contributed by atoms with E-state index < -0.39 is 40.8 Å². The van der Waals surface area contributed by atoms with Gasteiger partial charge in [-0.15, -0.1) is 11.6 Å². The predicted octanol–water partition coefficient (Wildman–Crippen LogP) is 9.88. The zero-order valence-electron chi connectivity index (χ0n) is 38.2. The first-order valence-corrected chi connectivity index (χ1v) is 24.9. The standard InChI is InChI=1S/C14H9Cl2NO5.C14H20ClNO2.C11H13Cl2NO3.C5H12NO4P/c1-21-14(18)10-7-9(3-4-12(10)17(19)20)22-13-5-2-8(15)6-11(13)16;1-4-11-7-6-8-12(5-2)14(11)16(10-18-3)13(17)9-15;1-11(2)14(10(15)9(12)13)6-8(17-11)7-4-3-5-16-7;1-11(9,10)3-2-4(6)5(7)8/h2-7H,1H3;6-8H,4-5,9-10H2,1-3H3;3-5,8-9H,6H2,1-2H3;4H,2-3,6H2,1H3,(H,7,8)(H,9,10). The number of benzene rings is 3. The minimum absolute atomic E-state index is 0.0371. The number of para-hydroxylation sites is 1. The van der Waals surface area contributed by atoms with E-state index >= 15 is 0 Å². The van der Waals surface area contributed by atoms with Crippen LogP contribution in [0.3, 0.4) is 0 Å². The van der Waals surface area contributed by atoms with Crippen LogP contribution in [-0.2, 0) is 46.0 Å². The Morgan fingerprint density at radius 1 is 1.03 bits per heavy atom. The number of aryl methyl sites for hydroxylation is 2. The molecule has 68 heavy (non-hydrogen) atoms. The van der Waals surface area contributed by atoms with Crippen LogP contribution in [-0.4, -0.2) is 106 Å². The molecule has 1 aliphatic heterocycles. The van der Waals surface area contributed by atoms with Crippen LogP contribution in [0, 0.1) is 10.1 Å². The number of carboxylic acids is 1. The fourth-order valence-corrected chi connectivity index (χ4v) is 7.74. The van der Waals surface area contributed by atoms with Gasteiger partial charge in [-0.05, 0) is 80.6 Å². The lowest BCUT2D eigenvalue weighted by molar-refractivity contribution is -0.385. The Morgan fingerprint density at radius 3 is 2.13 bits per heavy atom. The first-order chi connectivity index (χ1) is 31.8. The van der Waals surface area contributed by atoms with Crippen molar-refractivity contribution in [3.05, 3.63) is 116 Å². The summed E-state index contributed by atoms with van der Waals surface area (Å²) in [5, 5.41) is 19.9. The number of furan rings is 1. The highest BCUT2D eigenvalue weighted by Crippen LogP contribution is 2.38. The molecule has 0 bridgehead atoms. The Balaban J connectivity index is 0.000000319. The van der Waals surface area contributed by atoms with E-state index in [1.54, 1.807) is 50.3 Å². The molecular weight excluding hydrogens is 1020 g/mol. The van der Waals surface area contributed by atoms with Crippen molar-refractivity contribution in [1.29, 1.82) is 0 Å². The normalized spacial score (nSPS) is 14.9. The van der Waals surface area contributed by atoms with Crippen LogP contribution < -0.4 is 15.4 Å². The zero-order valence-corrected chi connectivity index (χ0v) is 42.8. The van der Waals surface area contributed by atoms with E-state index in [0.717, 1.165) is 42.8 Å². The number of nitrogens with two attached hydrogens (primary N) is 1. The summed E-state index contributed by atoms with van der Waals surface area (Å²) in [5.74, 6) is -1.30. The lowest BCUT2D eigenvalue weighted by Crippen LogP contribution is -2.45. The lowest BCUT2D eigenvalue weighted by atomic mass is 10.0. The summed E-state index contributed by atoms with van der Waals surface area (Å²) < 4.78 is 36.9. The molecule has 2 amide bonds. The molecule has 24 heteroatoms. The van der Waals surface area contributed by atoms with Crippen LogP contribution in [0.5, 0.6) is 11.5 Å². The number of ether oxygens (including phenoxy) is 4. The number of nitrogens with zero attached hydrogens (tertiary/aromatic N) is 3. The second-order valence-corrected chi connectivity index (χ2v) is 19.7. The third-order valence-electron chi connectivity index (χ3n) is 9.51. The summed E-state index contributed by atoms with van der Waals surface area (Å²) in [6.07, 6.45) is 3.04. The molecule has 4 aromatic rings. The number of carbonyl (C=O) groups is 4. The fourth-order valence-electron chi connectivity index (χ4n) is 6.15. The quantitative estimate of drug-likeness (QED) is 0.0236. The average molecular weight is 1070 g/mol. The Labute approximate surface area is 419 Å². The van der Waals surface area contributed by atoms with Gasteiger partial charge in [0.15, 0.2) is 12.2 Å². The van der Waals surface area contributed by atoms with Crippen molar-refractivity contribution in [1.82, 2.24) is 4.90 Å². The smallest absolute Gasteiger partial charge is 0.345 e. The number of aliphatic carboxylic acids is 1. The Kier molecular flexibility index (Phi) is 24.8. The minimum Gasteiger partial charge on any atom is -0.480 e. The maximum atomic E-state index is 12.0. The molecule has 2 heterocycles.